The van der Waals surface area contributed by atoms with E-state index in [-0.39, 0.29) is 24.4 Å². The lowest BCUT2D eigenvalue weighted by Crippen LogP contribution is -2.42. The number of nitrogens with two attached hydrogens (primary N) is 1. The van der Waals surface area contributed by atoms with Crippen LogP contribution in [-0.4, -0.2) is 29.9 Å². The van der Waals surface area contributed by atoms with Gasteiger partial charge < -0.3 is 10.6 Å². The van der Waals surface area contributed by atoms with E-state index in [1.165, 1.54) is 6.42 Å². The molecule has 3 unspecified atom stereocenters. The van der Waals surface area contributed by atoms with Crippen LogP contribution in [0.5, 0.6) is 0 Å². The van der Waals surface area contributed by atoms with E-state index >= 15 is 0 Å². The summed E-state index contributed by atoms with van der Waals surface area (Å²) >= 11 is 0. The van der Waals surface area contributed by atoms with Gasteiger partial charge in [0, 0.05) is 19.1 Å². The Balaban J connectivity index is 0.00000144. The molecule has 1 saturated heterocycles. The minimum atomic E-state index is 0. The SMILES string of the molecule is CC1CCCN(C(=O)C2CCCC2N)CC1.Cl. The third-order valence-electron chi connectivity index (χ3n) is 4.22. The lowest BCUT2D eigenvalue weighted by Gasteiger charge is -2.25. The number of halogens is 1. The van der Waals surface area contributed by atoms with Crippen LogP contribution < -0.4 is 5.73 Å². The van der Waals surface area contributed by atoms with Gasteiger partial charge in [0.2, 0.25) is 5.91 Å². The Labute approximate surface area is 111 Å². The molecule has 1 amide bonds. The van der Waals surface area contributed by atoms with Crippen molar-refractivity contribution in [1.29, 1.82) is 0 Å². The largest absolute Gasteiger partial charge is 0.342 e. The second-order valence-corrected chi connectivity index (χ2v) is 5.56. The summed E-state index contributed by atoms with van der Waals surface area (Å²) in [5, 5.41) is 0. The minimum absolute atomic E-state index is 0. The van der Waals surface area contributed by atoms with E-state index in [9.17, 15) is 4.79 Å². The second kappa shape index (κ2) is 6.60. The summed E-state index contributed by atoms with van der Waals surface area (Å²) < 4.78 is 0. The molecule has 0 aromatic heterocycles. The molecule has 0 aromatic carbocycles. The van der Waals surface area contributed by atoms with Crippen LogP contribution in [0.1, 0.15) is 45.4 Å². The summed E-state index contributed by atoms with van der Waals surface area (Å²) in [5.41, 5.74) is 6.01. The van der Waals surface area contributed by atoms with Crippen LogP contribution in [-0.2, 0) is 4.79 Å². The van der Waals surface area contributed by atoms with Crippen molar-refractivity contribution in [2.75, 3.05) is 13.1 Å². The molecule has 3 atom stereocenters. The van der Waals surface area contributed by atoms with Crippen molar-refractivity contribution in [2.24, 2.45) is 17.6 Å². The average molecular weight is 261 g/mol. The molecule has 2 fully saturated rings. The molecule has 0 aromatic rings. The molecule has 2 N–H and O–H groups in total. The van der Waals surface area contributed by atoms with Crippen LogP contribution in [0.4, 0.5) is 0 Å². The van der Waals surface area contributed by atoms with Gasteiger partial charge in [-0.05, 0) is 38.0 Å². The van der Waals surface area contributed by atoms with Crippen molar-refractivity contribution >= 4 is 18.3 Å². The van der Waals surface area contributed by atoms with Crippen molar-refractivity contribution in [3.63, 3.8) is 0 Å². The zero-order chi connectivity index (χ0) is 11.5. The molecule has 0 radical (unpaired) electrons. The van der Waals surface area contributed by atoms with Crippen molar-refractivity contribution in [3.05, 3.63) is 0 Å². The van der Waals surface area contributed by atoms with Gasteiger partial charge in [-0.2, -0.15) is 0 Å². The van der Waals surface area contributed by atoms with E-state index in [2.05, 4.69) is 11.8 Å². The summed E-state index contributed by atoms with van der Waals surface area (Å²) in [7, 11) is 0. The molecule has 1 aliphatic carbocycles. The van der Waals surface area contributed by atoms with Gasteiger partial charge >= 0.3 is 0 Å². The number of rotatable bonds is 1. The van der Waals surface area contributed by atoms with Crippen LogP contribution in [0, 0.1) is 11.8 Å². The lowest BCUT2D eigenvalue weighted by atomic mass is 10.0. The highest BCUT2D eigenvalue weighted by atomic mass is 35.5. The maximum atomic E-state index is 12.3. The molecule has 3 nitrogen and oxygen atoms in total. The number of carbonyl (C=O) groups is 1. The minimum Gasteiger partial charge on any atom is -0.342 e. The topological polar surface area (TPSA) is 46.3 Å². The number of amides is 1. The molecule has 1 aliphatic heterocycles. The molecular formula is C13H25ClN2O. The Kier molecular flexibility index (Phi) is 5.74. The first-order valence-corrected chi connectivity index (χ1v) is 6.73. The van der Waals surface area contributed by atoms with Crippen molar-refractivity contribution in [3.8, 4) is 0 Å². The fourth-order valence-electron chi connectivity index (χ4n) is 3.01. The summed E-state index contributed by atoms with van der Waals surface area (Å²) in [5.74, 6) is 1.22. The Morgan fingerprint density at radius 1 is 1.12 bits per heavy atom. The Morgan fingerprint density at radius 2 is 1.88 bits per heavy atom. The van der Waals surface area contributed by atoms with E-state index in [0.29, 0.717) is 5.91 Å². The summed E-state index contributed by atoms with van der Waals surface area (Å²) in [6.45, 7) is 4.19. The lowest BCUT2D eigenvalue weighted by molar-refractivity contribution is -0.135. The maximum Gasteiger partial charge on any atom is 0.227 e. The number of hydrogen-bond donors (Lipinski definition) is 1. The molecule has 0 spiro atoms. The van der Waals surface area contributed by atoms with Gasteiger partial charge in [0.25, 0.3) is 0 Å². The number of nitrogens with zero attached hydrogens (tertiary/aromatic N) is 1. The highest BCUT2D eigenvalue weighted by molar-refractivity contribution is 5.85. The first-order valence-electron chi connectivity index (χ1n) is 6.73. The summed E-state index contributed by atoms with van der Waals surface area (Å²) in [6, 6.07) is 0.119. The van der Waals surface area contributed by atoms with Crippen LogP contribution >= 0.6 is 12.4 Å². The Morgan fingerprint density at radius 3 is 2.53 bits per heavy atom. The van der Waals surface area contributed by atoms with E-state index in [1.807, 2.05) is 0 Å². The van der Waals surface area contributed by atoms with Crippen molar-refractivity contribution < 1.29 is 4.79 Å². The molecule has 17 heavy (non-hydrogen) atoms. The molecule has 0 bridgehead atoms. The highest BCUT2D eigenvalue weighted by Crippen LogP contribution is 2.27. The zero-order valence-electron chi connectivity index (χ0n) is 10.7. The molecule has 1 heterocycles. The predicted octanol–water partition coefficient (Wildman–Crippen LogP) is 2.18. The first-order chi connectivity index (χ1) is 7.68. The van der Waals surface area contributed by atoms with Gasteiger partial charge in [-0.25, -0.2) is 0 Å². The summed E-state index contributed by atoms with van der Waals surface area (Å²) in [4.78, 5) is 14.4. The standard InChI is InChI=1S/C13H24N2O.ClH/c1-10-4-3-8-15(9-7-10)13(16)11-5-2-6-12(11)14;/h10-12H,2-9,14H2,1H3;1H. The molecule has 1 saturated carbocycles. The maximum absolute atomic E-state index is 12.3. The third kappa shape index (κ3) is 3.59. The smallest absolute Gasteiger partial charge is 0.227 e. The van der Waals surface area contributed by atoms with Crippen molar-refractivity contribution in [2.45, 2.75) is 51.5 Å². The fraction of sp³-hybridized carbons (Fsp3) is 0.923. The number of likely N-dealkylation sites (tertiary alicyclic amines) is 1. The fourth-order valence-corrected chi connectivity index (χ4v) is 3.01. The van der Waals surface area contributed by atoms with Crippen LogP contribution in [0.15, 0.2) is 0 Å². The molecule has 100 valence electrons. The highest BCUT2D eigenvalue weighted by Gasteiger charge is 2.33. The van der Waals surface area contributed by atoms with Crippen molar-refractivity contribution in [1.82, 2.24) is 4.90 Å². The quantitative estimate of drug-likeness (QED) is 0.786. The van der Waals surface area contributed by atoms with Gasteiger partial charge in [0.1, 0.15) is 0 Å². The van der Waals surface area contributed by atoms with Gasteiger partial charge in [-0.3, -0.25) is 4.79 Å². The molecular weight excluding hydrogens is 236 g/mol. The Hall–Kier alpha value is -0.280. The van der Waals surface area contributed by atoms with Gasteiger partial charge in [0.05, 0.1) is 5.92 Å². The summed E-state index contributed by atoms with van der Waals surface area (Å²) in [6.07, 6.45) is 6.75. The molecule has 2 aliphatic rings. The van der Waals surface area contributed by atoms with Crippen LogP contribution in [0.25, 0.3) is 0 Å². The average Bonchev–Trinajstić information content (AvgIpc) is 2.56. The number of hydrogen-bond acceptors (Lipinski definition) is 2. The van der Waals surface area contributed by atoms with E-state index in [1.54, 1.807) is 0 Å². The molecule has 2 rings (SSSR count). The van der Waals surface area contributed by atoms with Gasteiger partial charge in [-0.15, -0.1) is 12.4 Å². The van der Waals surface area contributed by atoms with E-state index < -0.39 is 0 Å². The number of carbonyl (C=O) groups excluding carboxylic acids is 1. The van der Waals surface area contributed by atoms with Gasteiger partial charge in [0.15, 0.2) is 0 Å². The second-order valence-electron chi connectivity index (χ2n) is 5.56. The Bertz CT molecular complexity index is 260. The third-order valence-corrected chi connectivity index (χ3v) is 4.22. The monoisotopic (exact) mass is 260 g/mol. The predicted molar refractivity (Wildman–Crippen MR) is 72.2 cm³/mol. The molecule has 4 heteroatoms. The normalized spacial score (nSPS) is 34.0. The first kappa shape index (κ1) is 14.8. The van der Waals surface area contributed by atoms with E-state index in [4.69, 9.17) is 5.73 Å². The zero-order valence-corrected chi connectivity index (χ0v) is 11.5. The van der Waals surface area contributed by atoms with Gasteiger partial charge in [-0.1, -0.05) is 13.3 Å². The van der Waals surface area contributed by atoms with E-state index in [0.717, 1.165) is 51.1 Å². The van der Waals surface area contributed by atoms with Crippen LogP contribution in [0.2, 0.25) is 0 Å². The van der Waals surface area contributed by atoms with Crippen LogP contribution in [0.3, 0.4) is 0 Å².